The molecule has 0 radical (unpaired) electrons. The maximum atomic E-state index is 13.1. The number of carbonyl (C=O) groups excluding carboxylic acids is 1. The normalized spacial score (nSPS) is 17.6. The number of aliphatic hydroxyl groups is 1. The minimum Gasteiger partial charge on any atom is -0.489 e. The van der Waals surface area contributed by atoms with Crippen LogP contribution in [0.1, 0.15) is 46.4 Å². The van der Waals surface area contributed by atoms with Crippen LogP contribution in [-0.2, 0) is 20.8 Å². The molecular formula is C31H29F6N3O6S. The van der Waals surface area contributed by atoms with Crippen molar-refractivity contribution in [3.63, 3.8) is 0 Å². The van der Waals surface area contributed by atoms with E-state index in [1.807, 2.05) is 6.07 Å². The van der Waals surface area contributed by atoms with Crippen molar-refractivity contribution in [1.82, 2.24) is 5.32 Å². The molecule has 3 aromatic rings. The molecule has 47 heavy (non-hydrogen) atoms. The van der Waals surface area contributed by atoms with Crippen LogP contribution in [0.5, 0.6) is 5.75 Å². The average molecular weight is 686 g/mol. The van der Waals surface area contributed by atoms with Crippen LogP contribution in [0.2, 0.25) is 0 Å². The Morgan fingerprint density at radius 2 is 1.72 bits per heavy atom. The molecule has 16 heteroatoms. The van der Waals surface area contributed by atoms with Crippen molar-refractivity contribution < 1.29 is 54.1 Å². The van der Waals surface area contributed by atoms with Crippen LogP contribution in [0.3, 0.4) is 0 Å². The Morgan fingerprint density at radius 3 is 2.28 bits per heavy atom. The number of nitrogens with one attached hydrogen (secondary N) is 1. The molecule has 0 unspecified atom stereocenters. The summed E-state index contributed by atoms with van der Waals surface area (Å²) in [6, 6.07) is 13.4. The fourth-order valence-electron chi connectivity index (χ4n) is 5.09. The fourth-order valence-corrected chi connectivity index (χ4v) is 5.97. The molecule has 1 saturated heterocycles. The summed E-state index contributed by atoms with van der Waals surface area (Å²) >= 11 is 0. The monoisotopic (exact) mass is 685 g/mol. The lowest BCUT2D eigenvalue weighted by atomic mass is 10.0. The lowest BCUT2D eigenvalue weighted by Crippen LogP contribution is -2.36. The van der Waals surface area contributed by atoms with E-state index in [2.05, 4.69) is 10.1 Å². The molecule has 3 atom stereocenters. The van der Waals surface area contributed by atoms with Gasteiger partial charge in [0.1, 0.15) is 17.9 Å². The van der Waals surface area contributed by atoms with Gasteiger partial charge in [0.25, 0.3) is 5.91 Å². The molecule has 0 aromatic heterocycles. The second-order valence-electron chi connectivity index (χ2n) is 10.6. The highest BCUT2D eigenvalue weighted by Gasteiger charge is 2.39. The van der Waals surface area contributed by atoms with Crippen molar-refractivity contribution in [2.75, 3.05) is 30.4 Å². The van der Waals surface area contributed by atoms with Crippen molar-refractivity contribution in [3.8, 4) is 11.8 Å². The van der Waals surface area contributed by atoms with Crippen LogP contribution in [-0.4, -0.2) is 63.5 Å². The molecule has 0 spiro atoms. The molecule has 9 nitrogen and oxygen atoms in total. The summed E-state index contributed by atoms with van der Waals surface area (Å²) in [5, 5.41) is 22.4. The van der Waals surface area contributed by atoms with Crippen molar-refractivity contribution in [2.45, 2.75) is 49.0 Å². The van der Waals surface area contributed by atoms with Crippen LogP contribution in [0.15, 0.2) is 71.6 Å². The minimum absolute atomic E-state index is 0.00577. The van der Waals surface area contributed by atoms with Gasteiger partial charge in [-0.3, -0.25) is 9.53 Å². The number of carbonyl (C=O) groups is 1. The zero-order valence-corrected chi connectivity index (χ0v) is 25.5. The first-order chi connectivity index (χ1) is 22.0. The van der Waals surface area contributed by atoms with E-state index in [1.165, 1.54) is 54.3 Å². The first-order valence-electron chi connectivity index (χ1n) is 14.1. The lowest BCUT2D eigenvalue weighted by Gasteiger charge is -2.27. The van der Waals surface area contributed by atoms with Gasteiger partial charge in [-0.2, -0.15) is 18.4 Å². The van der Waals surface area contributed by atoms with E-state index in [0.29, 0.717) is 5.56 Å². The number of hydrogen-bond donors (Lipinski definition) is 2. The number of nitrogens with zero attached hydrogens (tertiary/aromatic N) is 2. The molecule has 3 aromatic carbocycles. The summed E-state index contributed by atoms with van der Waals surface area (Å²) in [5.41, 5.74) is -0.391. The van der Waals surface area contributed by atoms with E-state index in [4.69, 9.17) is 4.74 Å². The number of ether oxygens (including phenoxy) is 2. The highest BCUT2D eigenvalue weighted by Crippen LogP contribution is 2.34. The van der Waals surface area contributed by atoms with Gasteiger partial charge in [0.2, 0.25) is 0 Å². The molecule has 252 valence electrons. The number of alkyl halides is 6. The predicted molar refractivity (Wildman–Crippen MR) is 156 cm³/mol. The summed E-state index contributed by atoms with van der Waals surface area (Å²) < 4.78 is 112. The number of hydrogen-bond acceptors (Lipinski definition) is 8. The second kappa shape index (κ2) is 14.2. The Morgan fingerprint density at radius 1 is 1.06 bits per heavy atom. The van der Waals surface area contributed by atoms with Crippen molar-refractivity contribution >= 4 is 21.4 Å². The molecule has 0 saturated carbocycles. The summed E-state index contributed by atoms with van der Waals surface area (Å²) in [6.07, 6.45) is -10.3. The molecule has 1 aliphatic heterocycles. The Kier molecular flexibility index (Phi) is 10.7. The number of sulfone groups is 1. The van der Waals surface area contributed by atoms with Gasteiger partial charge in [-0.25, -0.2) is 8.42 Å². The number of nitriles is 1. The van der Waals surface area contributed by atoms with Gasteiger partial charge in [-0.15, -0.1) is 13.2 Å². The molecule has 0 aliphatic carbocycles. The smallest absolute Gasteiger partial charge is 0.489 e. The lowest BCUT2D eigenvalue weighted by molar-refractivity contribution is -0.325. The molecule has 1 amide bonds. The Bertz CT molecular complexity index is 1710. The first-order valence-corrected chi connectivity index (χ1v) is 15.8. The molecule has 1 heterocycles. The third kappa shape index (κ3) is 8.93. The van der Waals surface area contributed by atoms with E-state index < -0.39 is 65.2 Å². The maximum absolute atomic E-state index is 13.1. The van der Waals surface area contributed by atoms with Crippen molar-refractivity contribution in [2.24, 2.45) is 0 Å². The van der Waals surface area contributed by atoms with E-state index in [9.17, 15) is 49.9 Å². The van der Waals surface area contributed by atoms with Crippen LogP contribution in [0.25, 0.3) is 0 Å². The Balaban J connectivity index is 1.53. The van der Waals surface area contributed by atoms with Gasteiger partial charge in [-0.1, -0.05) is 19.1 Å². The largest absolute Gasteiger partial charge is 0.522 e. The van der Waals surface area contributed by atoms with E-state index >= 15 is 0 Å². The van der Waals surface area contributed by atoms with Crippen LogP contribution in [0, 0.1) is 11.3 Å². The van der Waals surface area contributed by atoms with Gasteiger partial charge in [0, 0.05) is 12.0 Å². The molecule has 1 fully saturated rings. The van der Waals surface area contributed by atoms with Crippen LogP contribution in [0.4, 0.5) is 32.0 Å². The van der Waals surface area contributed by atoms with E-state index in [0.717, 1.165) is 24.3 Å². The molecular weight excluding hydrogens is 656 g/mol. The minimum atomic E-state index is -4.95. The number of benzene rings is 3. The Hall–Kier alpha value is -4.33. The fraction of sp³-hybridized carbons (Fsp3) is 0.355. The first kappa shape index (κ1) is 35.5. The zero-order valence-electron chi connectivity index (χ0n) is 24.7. The second-order valence-corrected chi connectivity index (χ2v) is 12.9. The number of rotatable bonds is 11. The summed E-state index contributed by atoms with van der Waals surface area (Å²) in [6.45, 7) is 0.0731. The van der Waals surface area contributed by atoms with E-state index in [1.54, 1.807) is 0 Å². The standard InChI is InChI=1S/C31H29F6N3O6S/c1-2-47(43,44)26-10-3-19(4-11-26)27(17-41)39-29(42)20-5-12-28(21(13-20)15-38)40-16-25(14-23(40)18-45-31(35,36)37)46-24-8-6-22(7-9-24)30(32,33)34/h3-13,23,25,27,41H,2,14,16-18H2,1H3,(H,39,42)/t23-,25-,27-/m0/s1. The summed E-state index contributed by atoms with van der Waals surface area (Å²) in [7, 11) is -3.47. The topological polar surface area (TPSA) is 129 Å². The maximum Gasteiger partial charge on any atom is 0.522 e. The van der Waals surface area contributed by atoms with Gasteiger partial charge >= 0.3 is 12.5 Å². The third-order valence-corrected chi connectivity index (χ3v) is 9.25. The van der Waals surface area contributed by atoms with Crippen LogP contribution >= 0.6 is 0 Å². The number of aliphatic hydroxyl groups excluding tert-OH is 1. The highest BCUT2D eigenvalue weighted by molar-refractivity contribution is 7.91. The average Bonchev–Trinajstić information content (AvgIpc) is 3.43. The molecule has 0 bridgehead atoms. The van der Waals surface area contributed by atoms with Crippen molar-refractivity contribution in [3.05, 3.63) is 89.0 Å². The number of halogens is 6. The molecule has 1 aliphatic rings. The van der Waals surface area contributed by atoms with Gasteiger partial charge in [-0.05, 0) is 60.2 Å². The van der Waals surface area contributed by atoms with Crippen LogP contribution < -0.4 is 15.0 Å². The SMILES string of the molecule is CCS(=O)(=O)c1ccc([C@H](CO)NC(=O)c2ccc(N3C[C@@H](Oc4ccc(C(F)(F)F)cc4)C[C@H]3COC(F)(F)F)c(C#N)c2)cc1. The van der Waals surface area contributed by atoms with E-state index in [-0.39, 0.29) is 46.2 Å². The van der Waals surface area contributed by atoms with Crippen molar-refractivity contribution in [1.29, 1.82) is 5.26 Å². The van der Waals surface area contributed by atoms with Gasteiger partial charge in [0.15, 0.2) is 9.84 Å². The van der Waals surface area contributed by atoms with Gasteiger partial charge < -0.3 is 20.1 Å². The number of amides is 1. The van der Waals surface area contributed by atoms with Gasteiger partial charge in [0.05, 0.1) is 59.3 Å². The zero-order chi connectivity index (χ0) is 34.6. The Labute approximate surface area is 266 Å². The third-order valence-electron chi connectivity index (χ3n) is 7.50. The number of anilines is 1. The molecule has 4 rings (SSSR count). The molecule has 2 N–H and O–H groups in total. The quantitative estimate of drug-likeness (QED) is 0.257. The highest BCUT2D eigenvalue weighted by atomic mass is 32.2. The summed E-state index contributed by atoms with van der Waals surface area (Å²) in [4.78, 5) is 14.6. The summed E-state index contributed by atoms with van der Waals surface area (Å²) in [5.74, 6) is -0.739. The predicted octanol–water partition coefficient (Wildman–Crippen LogP) is 5.40.